The highest BCUT2D eigenvalue weighted by Crippen LogP contribution is 2.11. The van der Waals surface area contributed by atoms with E-state index in [1.165, 1.54) is 0 Å². The minimum atomic E-state index is 0.104. The Morgan fingerprint density at radius 1 is 1.30 bits per heavy atom. The SMILES string of the molecule is Cc1cccc(N(O)O)c1. The van der Waals surface area contributed by atoms with E-state index in [1.54, 1.807) is 18.2 Å². The van der Waals surface area contributed by atoms with Crippen molar-refractivity contribution in [2.24, 2.45) is 0 Å². The maximum atomic E-state index is 8.54. The van der Waals surface area contributed by atoms with Gasteiger partial charge in [0.05, 0.1) is 5.69 Å². The molecule has 3 nitrogen and oxygen atoms in total. The molecule has 0 aliphatic rings. The van der Waals surface area contributed by atoms with Crippen molar-refractivity contribution in [1.29, 1.82) is 0 Å². The lowest BCUT2D eigenvalue weighted by Gasteiger charge is -2.06. The number of anilines is 1. The van der Waals surface area contributed by atoms with Gasteiger partial charge in [0, 0.05) is 0 Å². The number of hydrogen-bond acceptors (Lipinski definition) is 3. The van der Waals surface area contributed by atoms with E-state index >= 15 is 0 Å². The van der Waals surface area contributed by atoms with Gasteiger partial charge in [0.2, 0.25) is 0 Å². The van der Waals surface area contributed by atoms with Crippen LogP contribution in [0.2, 0.25) is 0 Å². The monoisotopic (exact) mass is 139 g/mol. The van der Waals surface area contributed by atoms with Crippen LogP contribution < -0.4 is 5.23 Å². The van der Waals surface area contributed by atoms with Gasteiger partial charge in [-0.25, -0.2) is 0 Å². The molecule has 0 bridgehead atoms. The summed E-state index contributed by atoms with van der Waals surface area (Å²) in [6.07, 6.45) is 0. The maximum Gasteiger partial charge on any atom is 0.0945 e. The fourth-order valence-corrected chi connectivity index (χ4v) is 0.752. The molecule has 0 saturated carbocycles. The first-order valence-electron chi connectivity index (χ1n) is 2.94. The second-order valence-electron chi connectivity index (χ2n) is 2.13. The predicted octanol–water partition coefficient (Wildman–Crippen LogP) is 1.58. The average molecular weight is 139 g/mol. The van der Waals surface area contributed by atoms with E-state index in [-0.39, 0.29) is 5.23 Å². The van der Waals surface area contributed by atoms with Gasteiger partial charge in [-0.15, -0.1) is 5.23 Å². The largest absolute Gasteiger partial charge is 0.264 e. The molecule has 1 aromatic rings. The van der Waals surface area contributed by atoms with Crippen molar-refractivity contribution in [2.75, 3.05) is 5.23 Å². The molecular formula is C7H9NO2. The van der Waals surface area contributed by atoms with Crippen LogP contribution in [0.3, 0.4) is 0 Å². The van der Waals surface area contributed by atoms with Crippen molar-refractivity contribution in [2.45, 2.75) is 6.92 Å². The minimum absolute atomic E-state index is 0.104. The van der Waals surface area contributed by atoms with Gasteiger partial charge in [0.1, 0.15) is 0 Å². The molecule has 0 aliphatic heterocycles. The Morgan fingerprint density at radius 3 is 2.40 bits per heavy atom. The zero-order chi connectivity index (χ0) is 7.56. The molecule has 0 fully saturated rings. The van der Waals surface area contributed by atoms with Crippen LogP contribution in [-0.4, -0.2) is 10.4 Å². The van der Waals surface area contributed by atoms with E-state index in [1.807, 2.05) is 13.0 Å². The summed E-state index contributed by atoms with van der Waals surface area (Å²) >= 11 is 0. The predicted molar refractivity (Wildman–Crippen MR) is 37.2 cm³/mol. The van der Waals surface area contributed by atoms with Gasteiger partial charge in [-0.1, -0.05) is 12.1 Å². The van der Waals surface area contributed by atoms with Crippen LogP contribution in [0.5, 0.6) is 0 Å². The molecular weight excluding hydrogens is 130 g/mol. The van der Waals surface area contributed by atoms with Gasteiger partial charge < -0.3 is 0 Å². The third kappa shape index (κ3) is 1.46. The van der Waals surface area contributed by atoms with E-state index in [0.29, 0.717) is 5.69 Å². The fraction of sp³-hybridized carbons (Fsp3) is 0.143. The Balaban J connectivity index is 2.96. The van der Waals surface area contributed by atoms with E-state index in [0.717, 1.165) is 5.56 Å². The number of nitrogens with zero attached hydrogens (tertiary/aromatic N) is 1. The molecule has 0 amide bonds. The van der Waals surface area contributed by atoms with Crippen molar-refractivity contribution in [3.8, 4) is 0 Å². The summed E-state index contributed by atoms with van der Waals surface area (Å²) in [6, 6.07) is 6.91. The standard InChI is InChI=1S/C7H9NO2/c1-6-3-2-4-7(5-6)8(9)10/h2-5,9-10H,1H3. The van der Waals surface area contributed by atoms with Gasteiger partial charge in [-0.05, 0) is 24.6 Å². The molecule has 2 N–H and O–H groups in total. The molecule has 10 heavy (non-hydrogen) atoms. The molecule has 0 saturated heterocycles. The Kier molecular flexibility index (Phi) is 1.89. The first-order chi connectivity index (χ1) is 4.70. The number of rotatable bonds is 1. The summed E-state index contributed by atoms with van der Waals surface area (Å²) in [5.41, 5.74) is 1.37. The molecule has 54 valence electrons. The molecule has 3 heteroatoms. The summed E-state index contributed by atoms with van der Waals surface area (Å²) in [4.78, 5) is 0. The molecule has 0 radical (unpaired) electrons. The minimum Gasteiger partial charge on any atom is -0.264 e. The van der Waals surface area contributed by atoms with E-state index in [2.05, 4.69) is 0 Å². The van der Waals surface area contributed by atoms with Gasteiger partial charge in [0.25, 0.3) is 0 Å². The molecule has 0 aromatic heterocycles. The van der Waals surface area contributed by atoms with Gasteiger partial charge >= 0.3 is 0 Å². The smallest absolute Gasteiger partial charge is 0.0945 e. The lowest BCUT2D eigenvalue weighted by atomic mass is 10.2. The van der Waals surface area contributed by atoms with Crippen molar-refractivity contribution in [3.05, 3.63) is 29.8 Å². The highest BCUT2D eigenvalue weighted by molar-refractivity contribution is 5.43. The van der Waals surface area contributed by atoms with Crippen molar-refractivity contribution < 1.29 is 10.4 Å². The average Bonchev–Trinajstić information content (AvgIpc) is 1.88. The summed E-state index contributed by atoms with van der Waals surface area (Å²) in [6.45, 7) is 1.88. The topological polar surface area (TPSA) is 43.7 Å². The van der Waals surface area contributed by atoms with Crippen LogP contribution in [-0.2, 0) is 0 Å². The summed E-state index contributed by atoms with van der Waals surface area (Å²) in [7, 11) is 0. The van der Waals surface area contributed by atoms with Crippen molar-refractivity contribution >= 4 is 5.69 Å². The summed E-state index contributed by atoms with van der Waals surface area (Å²) < 4.78 is 0. The number of hydrogen-bond donors (Lipinski definition) is 2. The van der Waals surface area contributed by atoms with Crippen LogP contribution in [0.4, 0.5) is 5.69 Å². The zero-order valence-electron chi connectivity index (χ0n) is 5.65. The molecule has 0 heterocycles. The first-order valence-corrected chi connectivity index (χ1v) is 2.94. The second kappa shape index (κ2) is 2.68. The van der Waals surface area contributed by atoms with Gasteiger partial charge in [-0.3, -0.25) is 10.4 Å². The molecule has 1 rings (SSSR count). The van der Waals surface area contributed by atoms with E-state index < -0.39 is 0 Å². The van der Waals surface area contributed by atoms with Crippen LogP contribution >= 0.6 is 0 Å². The Labute approximate surface area is 59.1 Å². The lowest BCUT2D eigenvalue weighted by molar-refractivity contribution is 0.0291. The van der Waals surface area contributed by atoms with E-state index in [9.17, 15) is 0 Å². The zero-order valence-corrected chi connectivity index (χ0v) is 5.65. The Hall–Kier alpha value is -1.06. The Morgan fingerprint density at radius 2 is 2.00 bits per heavy atom. The van der Waals surface area contributed by atoms with Crippen molar-refractivity contribution in [3.63, 3.8) is 0 Å². The fourth-order valence-electron chi connectivity index (χ4n) is 0.752. The van der Waals surface area contributed by atoms with Gasteiger partial charge in [0.15, 0.2) is 0 Å². The first kappa shape index (κ1) is 7.05. The van der Waals surface area contributed by atoms with Crippen LogP contribution in [0, 0.1) is 6.92 Å². The molecule has 0 aliphatic carbocycles. The third-order valence-electron chi connectivity index (χ3n) is 1.23. The highest BCUT2D eigenvalue weighted by atomic mass is 16.8. The summed E-state index contributed by atoms with van der Waals surface area (Å²) in [5, 5.41) is 17.2. The lowest BCUT2D eigenvalue weighted by Crippen LogP contribution is -2.10. The molecule has 0 unspecified atom stereocenters. The van der Waals surface area contributed by atoms with Crippen LogP contribution in [0.1, 0.15) is 5.56 Å². The summed E-state index contributed by atoms with van der Waals surface area (Å²) in [5.74, 6) is 0. The Bertz CT molecular complexity index is 223. The van der Waals surface area contributed by atoms with Gasteiger partial charge in [-0.2, -0.15) is 0 Å². The molecule has 0 atom stereocenters. The highest BCUT2D eigenvalue weighted by Gasteiger charge is 1.95. The maximum absolute atomic E-state index is 8.54. The normalized spacial score (nSPS) is 9.50. The quantitative estimate of drug-likeness (QED) is 0.580. The molecule has 1 aromatic carbocycles. The van der Waals surface area contributed by atoms with Crippen LogP contribution in [0.25, 0.3) is 0 Å². The number of aryl methyl sites for hydroxylation is 1. The van der Waals surface area contributed by atoms with Crippen molar-refractivity contribution in [1.82, 2.24) is 0 Å². The van der Waals surface area contributed by atoms with Crippen LogP contribution in [0.15, 0.2) is 24.3 Å². The van der Waals surface area contributed by atoms with E-state index in [4.69, 9.17) is 10.4 Å². The number of benzene rings is 1. The second-order valence-corrected chi connectivity index (χ2v) is 2.13. The third-order valence-corrected chi connectivity index (χ3v) is 1.23. The molecule has 0 spiro atoms.